The van der Waals surface area contributed by atoms with E-state index in [9.17, 15) is 0 Å². The highest BCUT2D eigenvalue weighted by Gasteiger charge is 2.63. The van der Waals surface area contributed by atoms with Crippen molar-refractivity contribution in [3.63, 3.8) is 0 Å². The summed E-state index contributed by atoms with van der Waals surface area (Å²) in [6.07, 6.45) is 8.22. The molecular formula is C21H36OSi. The molecule has 4 aliphatic rings. The van der Waals surface area contributed by atoms with Crippen molar-refractivity contribution in [2.45, 2.75) is 64.6 Å². The van der Waals surface area contributed by atoms with Crippen LogP contribution in [0.25, 0.3) is 0 Å². The summed E-state index contributed by atoms with van der Waals surface area (Å²) in [5.41, 5.74) is 0. The van der Waals surface area contributed by atoms with Gasteiger partial charge in [0.05, 0.1) is 0 Å². The molecule has 0 spiro atoms. The van der Waals surface area contributed by atoms with Crippen molar-refractivity contribution in [1.82, 2.24) is 0 Å². The van der Waals surface area contributed by atoms with E-state index in [1.807, 2.05) is 0 Å². The van der Waals surface area contributed by atoms with Crippen molar-refractivity contribution in [3.8, 4) is 0 Å². The number of allylic oxidation sites excluding steroid dienone is 1. The molecule has 0 unspecified atom stereocenters. The average molecular weight is 333 g/mol. The first-order valence-electron chi connectivity index (χ1n) is 9.99. The van der Waals surface area contributed by atoms with E-state index in [1.54, 1.807) is 12.8 Å². The molecule has 0 aliphatic heterocycles. The topological polar surface area (TPSA) is 9.23 Å². The predicted octanol–water partition coefficient (Wildman–Crippen LogP) is 5.74. The SMILES string of the molecule is C=C[C@@H]1C[C@H]1[C@H]1C[C@@H]1[C@H]1C[C@H]1[C@@H]1C[C@H]1CO[Si](C)(C)C(C)(C)C. The van der Waals surface area contributed by atoms with E-state index in [2.05, 4.69) is 46.5 Å². The van der Waals surface area contributed by atoms with E-state index < -0.39 is 8.32 Å². The summed E-state index contributed by atoms with van der Waals surface area (Å²) in [5.74, 6) is 8.24. The minimum Gasteiger partial charge on any atom is -0.417 e. The molecule has 130 valence electrons. The van der Waals surface area contributed by atoms with Crippen LogP contribution in [0, 0.1) is 47.3 Å². The largest absolute Gasteiger partial charge is 0.417 e. The quantitative estimate of drug-likeness (QED) is 0.427. The maximum Gasteiger partial charge on any atom is 0.191 e. The van der Waals surface area contributed by atoms with E-state index in [0.717, 1.165) is 54.0 Å². The molecule has 0 radical (unpaired) electrons. The summed E-state index contributed by atoms with van der Waals surface area (Å²) in [4.78, 5) is 0. The Kier molecular flexibility index (Phi) is 3.71. The fourth-order valence-corrected chi connectivity index (χ4v) is 6.02. The van der Waals surface area contributed by atoms with Gasteiger partial charge in [0.1, 0.15) is 0 Å². The normalized spacial score (nSPS) is 48.0. The Bertz CT molecular complexity index is 491. The van der Waals surface area contributed by atoms with Crippen molar-refractivity contribution in [2.75, 3.05) is 6.61 Å². The predicted molar refractivity (Wildman–Crippen MR) is 99.7 cm³/mol. The second-order valence-electron chi connectivity index (χ2n) is 10.7. The maximum atomic E-state index is 6.46. The average Bonchev–Trinajstić information content (AvgIpc) is 3.31. The zero-order chi connectivity index (χ0) is 16.6. The highest BCUT2D eigenvalue weighted by atomic mass is 28.4. The molecule has 0 aromatic heterocycles. The van der Waals surface area contributed by atoms with Gasteiger partial charge < -0.3 is 4.43 Å². The standard InChI is InChI=1S/C21H36OSi/c1-7-13-8-15(13)17-10-19(17)20-11-18(20)16-9-14(16)12-22-23(5,6)21(2,3)4/h7,13-20H,1,8-12H2,2-6H3/t13-,14+,15-,16-,17-,18+,19+,20+/m1/s1. The Morgan fingerprint density at radius 3 is 2.00 bits per heavy atom. The zero-order valence-corrected chi connectivity index (χ0v) is 16.8. The summed E-state index contributed by atoms with van der Waals surface area (Å²) in [7, 11) is -1.54. The van der Waals surface area contributed by atoms with Gasteiger partial charge in [0.15, 0.2) is 8.32 Å². The zero-order valence-electron chi connectivity index (χ0n) is 15.8. The molecule has 0 heterocycles. The minimum atomic E-state index is -1.54. The first kappa shape index (κ1) is 16.4. The van der Waals surface area contributed by atoms with Crippen molar-refractivity contribution >= 4 is 8.32 Å². The lowest BCUT2D eigenvalue weighted by atomic mass is 10.1. The van der Waals surface area contributed by atoms with Crippen LogP contribution >= 0.6 is 0 Å². The van der Waals surface area contributed by atoms with Gasteiger partial charge in [-0.2, -0.15) is 0 Å². The van der Waals surface area contributed by atoms with Crippen LogP contribution in [0.5, 0.6) is 0 Å². The van der Waals surface area contributed by atoms with Crippen LogP contribution < -0.4 is 0 Å². The Balaban J connectivity index is 1.18. The summed E-state index contributed by atoms with van der Waals surface area (Å²) < 4.78 is 6.46. The fourth-order valence-electron chi connectivity index (χ4n) is 4.96. The molecular weight excluding hydrogens is 296 g/mol. The summed E-state index contributed by atoms with van der Waals surface area (Å²) in [6, 6.07) is 0. The van der Waals surface area contributed by atoms with Crippen molar-refractivity contribution in [3.05, 3.63) is 12.7 Å². The van der Waals surface area contributed by atoms with Gasteiger partial charge in [-0.1, -0.05) is 26.8 Å². The molecule has 2 heteroatoms. The van der Waals surface area contributed by atoms with Gasteiger partial charge in [0, 0.05) is 6.61 Å². The van der Waals surface area contributed by atoms with E-state index in [-0.39, 0.29) is 0 Å². The first-order valence-corrected chi connectivity index (χ1v) is 12.9. The van der Waals surface area contributed by atoms with Crippen molar-refractivity contribution in [1.29, 1.82) is 0 Å². The smallest absolute Gasteiger partial charge is 0.191 e. The van der Waals surface area contributed by atoms with Gasteiger partial charge >= 0.3 is 0 Å². The van der Waals surface area contributed by atoms with Crippen LogP contribution in [0.3, 0.4) is 0 Å². The molecule has 0 N–H and O–H groups in total. The Hall–Kier alpha value is -0.0831. The molecule has 4 saturated carbocycles. The second-order valence-corrected chi connectivity index (χ2v) is 15.5. The van der Waals surface area contributed by atoms with E-state index in [1.165, 1.54) is 12.8 Å². The number of hydrogen-bond acceptors (Lipinski definition) is 1. The van der Waals surface area contributed by atoms with Gasteiger partial charge in [-0.25, -0.2) is 0 Å². The summed E-state index contributed by atoms with van der Waals surface area (Å²) >= 11 is 0. The van der Waals surface area contributed by atoms with E-state index in [0.29, 0.717) is 5.04 Å². The van der Waals surface area contributed by atoms with Crippen LogP contribution in [0.4, 0.5) is 0 Å². The first-order chi connectivity index (χ1) is 10.7. The Morgan fingerprint density at radius 1 is 0.913 bits per heavy atom. The van der Waals surface area contributed by atoms with Crippen LogP contribution in [0.1, 0.15) is 46.5 Å². The van der Waals surface area contributed by atoms with Gasteiger partial charge in [0.2, 0.25) is 0 Å². The molecule has 4 fully saturated rings. The van der Waals surface area contributed by atoms with Crippen LogP contribution in [-0.2, 0) is 4.43 Å². The second kappa shape index (κ2) is 5.21. The number of rotatable bonds is 7. The van der Waals surface area contributed by atoms with Crippen molar-refractivity contribution < 1.29 is 4.43 Å². The highest BCUT2D eigenvalue weighted by molar-refractivity contribution is 6.74. The molecule has 0 saturated heterocycles. The van der Waals surface area contributed by atoms with Crippen LogP contribution in [-0.4, -0.2) is 14.9 Å². The Labute approximate surface area is 144 Å². The molecule has 23 heavy (non-hydrogen) atoms. The molecule has 0 aromatic rings. The lowest BCUT2D eigenvalue weighted by molar-refractivity contribution is 0.261. The van der Waals surface area contributed by atoms with Gasteiger partial charge in [-0.3, -0.25) is 0 Å². The molecule has 8 atom stereocenters. The molecule has 0 bridgehead atoms. The summed E-state index contributed by atoms with van der Waals surface area (Å²) in [5, 5.41) is 0.354. The fraction of sp³-hybridized carbons (Fsp3) is 0.905. The molecule has 4 aliphatic carbocycles. The van der Waals surface area contributed by atoms with Gasteiger partial charge in [-0.15, -0.1) is 6.58 Å². The Morgan fingerprint density at radius 2 is 1.48 bits per heavy atom. The van der Waals surface area contributed by atoms with E-state index >= 15 is 0 Å². The summed E-state index contributed by atoms with van der Waals surface area (Å²) in [6.45, 7) is 16.9. The maximum absolute atomic E-state index is 6.46. The lowest BCUT2D eigenvalue weighted by Gasteiger charge is -2.36. The van der Waals surface area contributed by atoms with Gasteiger partial charge in [0.25, 0.3) is 0 Å². The molecule has 0 aromatic carbocycles. The third-order valence-corrected chi connectivity index (χ3v) is 12.6. The lowest BCUT2D eigenvalue weighted by Crippen LogP contribution is -2.41. The van der Waals surface area contributed by atoms with Crippen molar-refractivity contribution in [2.24, 2.45) is 47.3 Å². The third kappa shape index (κ3) is 3.10. The molecule has 0 amide bonds. The molecule has 4 rings (SSSR count). The number of hydrogen-bond donors (Lipinski definition) is 0. The monoisotopic (exact) mass is 332 g/mol. The molecule has 1 nitrogen and oxygen atoms in total. The highest BCUT2D eigenvalue weighted by Crippen LogP contribution is 2.70. The third-order valence-electron chi connectivity index (χ3n) is 8.07. The minimum absolute atomic E-state index is 0.354. The van der Waals surface area contributed by atoms with Crippen LogP contribution in [0.15, 0.2) is 12.7 Å². The van der Waals surface area contributed by atoms with E-state index in [4.69, 9.17) is 4.43 Å². The van der Waals surface area contributed by atoms with Gasteiger partial charge in [-0.05, 0) is 91.2 Å². The van der Waals surface area contributed by atoms with Crippen LogP contribution in [0.2, 0.25) is 18.1 Å².